The van der Waals surface area contributed by atoms with E-state index in [2.05, 4.69) is 11.6 Å². The maximum Gasteiger partial charge on any atom is 0.241 e. The third-order valence-electron chi connectivity index (χ3n) is 2.93. The lowest BCUT2D eigenvalue weighted by atomic mass is 10.1. The molecule has 106 valence electrons. The molecule has 0 aromatic heterocycles. The highest BCUT2D eigenvalue weighted by atomic mass is 32.2. The first-order chi connectivity index (χ1) is 8.99. The van der Waals surface area contributed by atoms with Gasteiger partial charge >= 0.3 is 0 Å². The molecule has 4 heteroatoms. The van der Waals surface area contributed by atoms with Gasteiger partial charge in [-0.05, 0) is 32.4 Å². The van der Waals surface area contributed by atoms with Gasteiger partial charge in [0.25, 0.3) is 0 Å². The molecule has 0 saturated carbocycles. The standard InChI is InChI=1S/C15H23NO2S/c1-4-6-8-14(7-5-2)16-19(17,18)15-11-9-13(3)10-12-15/h5,7,9-12,14,16H,4,6,8H2,1-3H3. The lowest BCUT2D eigenvalue weighted by Crippen LogP contribution is -2.33. The van der Waals surface area contributed by atoms with Crippen molar-refractivity contribution < 1.29 is 8.42 Å². The predicted octanol–water partition coefficient (Wildman–Crippen LogP) is 3.41. The van der Waals surface area contributed by atoms with Crippen LogP contribution in [0.25, 0.3) is 0 Å². The number of nitrogens with one attached hydrogen (secondary N) is 1. The zero-order valence-electron chi connectivity index (χ0n) is 11.9. The Balaban J connectivity index is 2.84. The number of unbranched alkanes of at least 4 members (excludes halogenated alkanes) is 1. The van der Waals surface area contributed by atoms with Crippen molar-refractivity contribution in [2.75, 3.05) is 0 Å². The van der Waals surface area contributed by atoms with Crippen LogP contribution < -0.4 is 4.72 Å². The van der Waals surface area contributed by atoms with Gasteiger partial charge in [-0.25, -0.2) is 13.1 Å². The van der Waals surface area contributed by atoms with Crippen LogP contribution in [-0.4, -0.2) is 14.5 Å². The molecule has 0 heterocycles. The van der Waals surface area contributed by atoms with Crippen LogP contribution in [0.5, 0.6) is 0 Å². The molecule has 0 fully saturated rings. The van der Waals surface area contributed by atoms with Crippen LogP contribution in [0.15, 0.2) is 41.3 Å². The SMILES string of the molecule is CC=CC(CCCC)NS(=O)(=O)c1ccc(C)cc1. The molecule has 0 saturated heterocycles. The Bertz CT molecular complexity index is 503. The van der Waals surface area contributed by atoms with E-state index >= 15 is 0 Å². The predicted molar refractivity (Wildman–Crippen MR) is 79.6 cm³/mol. The van der Waals surface area contributed by atoms with Crippen molar-refractivity contribution in [1.82, 2.24) is 4.72 Å². The minimum Gasteiger partial charge on any atom is -0.207 e. The molecule has 3 nitrogen and oxygen atoms in total. The Morgan fingerprint density at radius 2 is 1.89 bits per heavy atom. The normalized spacial score (nSPS) is 13.8. The van der Waals surface area contributed by atoms with Crippen LogP contribution in [0.4, 0.5) is 0 Å². The molecule has 0 aliphatic rings. The molecule has 0 bridgehead atoms. The minimum absolute atomic E-state index is 0.128. The Morgan fingerprint density at radius 1 is 1.26 bits per heavy atom. The summed E-state index contributed by atoms with van der Waals surface area (Å²) in [4.78, 5) is 0.323. The van der Waals surface area contributed by atoms with Crippen molar-refractivity contribution in [2.45, 2.75) is 51.0 Å². The number of sulfonamides is 1. The summed E-state index contributed by atoms with van der Waals surface area (Å²) in [5.74, 6) is 0. The summed E-state index contributed by atoms with van der Waals surface area (Å²) >= 11 is 0. The van der Waals surface area contributed by atoms with E-state index in [4.69, 9.17) is 0 Å². The fraction of sp³-hybridized carbons (Fsp3) is 0.467. The highest BCUT2D eigenvalue weighted by molar-refractivity contribution is 7.89. The summed E-state index contributed by atoms with van der Waals surface area (Å²) < 4.78 is 27.2. The number of benzene rings is 1. The average Bonchev–Trinajstić information content (AvgIpc) is 2.36. The molecular formula is C15H23NO2S. The van der Waals surface area contributed by atoms with E-state index in [1.807, 2.05) is 38.1 Å². The Labute approximate surface area is 116 Å². The molecule has 1 unspecified atom stereocenters. The molecule has 19 heavy (non-hydrogen) atoms. The van der Waals surface area contributed by atoms with E-state index in [9.17, 15) is 8.42 Å². The topological polar surface area (TPSA) is 46.2 Å². The van der Waals surface area contributed by atoms with Crippen molar-refractivity contribution in [2.24, 2.45) is 0 Å². The van der Waals surface area contributed by atoms with Crippen molar-refractivity contribution in [3.63, 3.8) is 0 Å². The van der Waals surface area contributed by atoms with Gasteiger partial charge in [0.2, 0.25) is 10.0 Å². The van der Waals surface area contributed by atoms with Crippen LogP contribution in [0.3, 0.4) is 0 Å². The zero-order valence-corrected chi connectivity index (χ0v) is 12.7. The van der Waals surface area contributed by atoms with Gasteiger partial charge in [0.1, 0.15) is 0 Å². The Hall–Kier alpha value is -1.13. The van der Waals surface area contributed by atoms with Gasteiger partial charge in [-0.2, -0.15) is 0 Å². The first kappa shape index (κ1) is 15.9. The molecule has 0 aliphatic heterocycles. The van der Waals surface area contributed by atoms with Crippen molar-refractivity contribution in [3.05, 3.63) is 42.0 Å². The maximum absolute atomic E-state index is 12.2. The van der Waals surface area contributed by atoms with E-state index in [1.54, 1.807) is 12.1 Å². The van der Waals surface area contributed by atoms with Crippen LogP contribution in [0, 0.1) is 6.92 Å². The van der Waals surface area contributed by atoms with Crippen molar-refractivity contribution in [1.29, 1.82) is 0 Å². The summed E-state index contributed by atoms with van der Waals surface area (Å²) in [6.45, 7) is 5.94. The molecule has 0 radical (unpaired) electrons. The summed E-state index contributed by atoms with van der Waals surface area (Å²) in [7, 11) is -3.43. The summed E-state index contributed by atoms with van der Waals surface area (Å²) in [6, 6.07) is 6.78. The highest BCUT2D eigenvalue weighted by Gasteiger charge is 2.17. The molecule has 1 aromatic rings. The molecule has 0 amide bonds. The fourth-order valence-electron chi connectivity index (χ4n) is 1.84. The number of hydrogen-bond acceptors (Lipinski definition) is 2. The second kappa shape index (κ2) is 7.46. The second-order valence-electron chi connectivity index (χ2n) is 4.71. The van der Waals surface area contributed by atoms with Crippen LogP contribution in [0.1, 0.15) is 38.7 Å². The van der Waals surface area contributed by atoms with E-state index in [0.29, 0.717) is 4.90 Å². The largest absolute Gasteiger partial charge is 0.241 e. The van der Waals surface area contributed by atoms with Gasteiger partial charge in [0.15, 0.2) is 0 Å². The maximum atomic E-state index is 12.2. The fourth-order valence-corrected chi connectivity index (χ4v) is 3.06. The zero-order chi connectivity index (χ0) is 14.3. The Kier molecular flexibility index (Phi) is 6.25. The van der Waals surface area contributed by atoms with E-state index < -0.39 is 10.0 Å². The average molecular weight is 281 g/mol. The number of allylic oxidation sites excluding steroid dienone is 1. The number of aryl methyl sites for hydroxylation is 1. The third kappa shape index (κ3) is 5.17. The Morgan fingerprint density at radius 3 is 2.42 bits per heavy atom. The van der Waals surface area contributed by atoms with Gasteiger partial charge in [0.05, 0.1) is 4.90 Å². The van der Waals surface area contributed by atoms with Gasteiger partial charge in [0, 0.05) is 6.04 Å². The molecule has 0 aliphatic carbocycles. The minimum atomic E-state index is -3.43. The van der Waals surface area contributed by atoms with E-state index in [-0.39, 0.29) is 6.04 Å². The third-order valence-corrected chi connectivity index (χ3v) is 4.44. The summed E-state index contributed by atoms with van der Waals surface area (Å²) in [6.07, 6.45) is 6.68. The second-order valence-corrected chi connectivity index (χ2v) is 6.42. The lowest BCUT2D eigenvalue weighted by Gasteiger charge is -2.15. The van der Waals surface area contributed by atoms with Gasteiger partial charge in [-0.3, -0.25) is 0 Å². The van der Waals surface area contributed by atoms with Crippen molar-refractivity contribution >= 4 is 10.0 Å². The monoisotopic (exact) mass is 281 g/mol. The molecule has 1 N–H and O–H groups in total. The smallest absolute Gasteiger partial charge is 0.207 e. The molecule has 1 rings (SSSR count). The molecule has 1 atom stereocenters. The van der Waals surface area contributed by atoms with Gasteiger partial charge < -0.3 is 0 Å². The highest BCUT2D eigenvalue weighted by Crippen LogP contribution is 2.12. The summed E-state index contributed by atoms with van der Waals surface area (Å²) in [5, 5.41) is 0. The molecule has 0 spiro atoms. The first-order valence-corrected chi connectivity index (χ1v) is 8.19. The quantitative estimate of drug-likeness (QED) is 0.779. The van der Waals surface area contributed by atoms with Crippen molar-refractivity contribution in [3.8, 4) is 0 Å². The number of hydrogen-bond donors (Lipinski definition) is 1. The van der Waals surface area contributed by atoms with Crippen LogP contribution in [-0.2, 0) is 10.0 Å². The first-order valence-electron chi connectivity index (χ1n) is 6.71. The molecule has 1 aromatic carbocycles. The van der Waals surface area contributed by atoms with Gasteiger partial charge in [-0.15, -0.1) is 0 Å². The summed E-state index contributed by atoms with van der Waals surface area (Å²) in [5.41, 5.74) is 1.05. The van der Waals surface area contributed by atoms with Crippen LogP contribution >= 0.6 is 0 Å². The van der Waals surface area contributed by atoms with E-state index in [1.165, 1.54) is 0 Å². The van der Waals surface area contributed by atoms with Crippen LogP contribution in [0.2, 0.25) is 0 Å². The lowest BCUT2D eigenvalue weighted by molar-refractivity contribution is 0.553. The number of rotatable bonds is 7. The molecular weight excluding hydrogens is 258 g/mol. The van der Waals surface area contributed by atoms with Gasteiger partial charge in [-0.1, -0.05) is 49.6 Å². The van der Waals surface area contributed by atoms with E-state index in [0.717, 1.165) is 24.8 Å².